The van der Waals surface area contributed by atoms with Crippen LogP contribution in [0.5, 0.6) is 0 Å². The van der Waals surface area contributed by atoms with Gasteiger partial charge >= 0.3 is 0 Å². The van der Waals surface area contributed by atoms with Crippen molar-refractivity contribution in [3.05, 3.63) is 99.6 Å². The van der Waals surface area contributed by atoms with Gasteiger partial charge in [0.2, 0.25) is 5.91 Å². The number of fused-ring (bicyclic) bond motifs is 1. The average Bonchev–Trinajstić information content (AvgIpc) is 3.28. The van der Waals surface area contributed by atoms with E-state index in [0.29, 0.717) is 17.8 Å². The Morgan fingerprint density at radius 3 is 2.44 bits per heavy atom. The molecule has 4 rings (SSSR count). The molecule has 0 saturated carbocycles. The normalized spacial score (nSPS) is 13.0. The number of carbonyl (C=O) groups is 3. The van der Waals surface area contributed by atoms with E-state index in [1.807, 2.05) is 24.3 Å². The SMILES string of the molecule is CC(NC(=O)c1cccc([N+](=O)[O-])c1)C(=O)Nc1ccc(C(=O)N2CCc3ccccc32)cc1. The molecule has 0 radical (unpaired) electrons. The van der Waals surface area contributed by atoms with Crippen LogP contribution in [0.15, 0.2) is 72.8 Å². The van der Waals surface area contributed by atoms with Gasteiger partial charge in [0.25, 0.3) is 17.5 Å². The molecule has 0 aromatic heterocycles. The zero-order valence-electron chi connectivity index (χ0n) is 18.4. The molecule has 0 fully saturated rings. The fourth-order valence-corrected chi connectivity index (χ4v) is 3.76. The van der Waals surface area contributed by atoms with Gasteiger partial charge < -0.3 is 15.5 Å². The monoisotopic (exact) mass is 458 g/mol. The largest absolute Gasteiger partial charge is 0.341 e. The average molecular weight is 458 g/mol. The van der Waals surface area contributed by atoms with Crippen molar-refractivity contribution in [3.8, 4) is 0 Å². The zero-order valence-corrected chi connectivity index (χ0v) is 18.4. The highest BCUT2D eigenvalue weighted by molar-refractivity contribution is 6.07. The Bertz CT molecular complexity index is 1270. The molecular weight excluding hydrogens is 436 g/mol. The first kappa shape index (κ1) is 22.7. The number of nitro groups is 1. The van der Waals surface area contributed by atoms with Gasteiger partial charge in [0.1, 0.15) is 6.04 Å². The molecule has 3 amide bonds. The highest BCUT2D eigenvalue weighted by Crippen LogP contribution is 2.29. The smallest absolute Gasteiger partial charge is 0.270 e. The van der Waals surface area contributed by atoms with E-state index in [4.69, 9.17) is 0 Å². The number of nitro benzene ring substituents is 1. The minimum Gasteiger partial charge on any atom is -0.341 e. The summed E-state index contributed by atoms with van der Waals surface area (Å²) in [4.78, 5) is 49.8. The number of rotatable bonds is 6. The third-order valence-corrected chi connectivity index (χ3v) is 5.59. The van der Waals surface area contributed by atoms with E-state index in [1.165, 1.54) is 25.1 Å². The molecule has 9 nitrogen and oxygen atoms in total. The molecule has 0 aliphatic carbocycles. The van der Waals surface area contributed by atoms with Crippen molar-refractivity contribution in [2.45, 2.75) is 19.4 Å². The van der Waals surface area contributed by atoms with Gasteiger partial charge in [0, 0.05) is 41.2 Å². The van der Waals surface area contributed by atoms with Gasteiger partial charge in [-0.1, -0.05) is 24.3 Å². The molecular formula is C25H22N4O5. The van der Waals surface area contributed by atoms with Crippen LogP contribution in [-0.4, -0.2) is 35.2 Å². The lowest BCUT2D eigenvalue weighted by molar-refractivity contribution is -0.384. The number of hydrogen-bond donors (Lipinski definition) is 2. The number of nitrogens with zero attached hydrogens (tertiary/aromatic N) is 2. The van der Waals surface area contributed by atoms with Crippen molar-refractivity contribution in [3.63, 3.8) is 0 Å². The van der Waals surface area contributed by atoms with Crippen LogP contribution >= 0.6 is 0 Å². The number of amides is 3. The lowest BCUT2D eigenvalue weighted by atomic mass is 10.1. The molecule has 3 aromatic rings. The van der Waals surface area contributed by atoms with E-state index in [-0.39, 0.29) is 17.2 Å². The second-order valence-corrected chi connectivity index (χ2v) is 7.90. The van der Waals surface area contributed by atoms with Crippen LogP contribution in [0.2, 0.25) is 0 Å². The molecule has 2 N–H and O–H groups in total. The molecule has 1 aliphatic rings. The number of carbonyl (C=O) groups excluding carboxylic acids is 3. The lowest BCUT2D eigenvalue weighted by Crippen LogP contribution is -2.41. The third-order valence-electron chi connectivity index (χ3n) is 5.59. The minimum absolute atomic E-state index is 0.0835. The predicted octanol–water partition coefficient (Wildman–Crippen LogP) is 3.55. The first-order valence-corrected chi connectivity index (χ1v) is 10.7. The Hall–Kier alpha value is -4.53. The topological polar surface area (TPSA) is 122 Å². The molecule has 0 saturated heterocycles. The standard InChI is InChI=1S/C25H22N4O5/c1-16(26-24(31)19-6-4-7-21(15-19)29(33)34)23(30)27-20-11-9-18(10-12-20)25(32)28-14-13-17-5-2-3-8-22(17)28/h2-12,15-16H,13-14H2,1H3,(H,26,31)(H,27,30). The van der Waals surface area contributed by atoms with Crippen molar-refractivity contribution in [2.75, 3.05) is 16.8 Å². The van der Waals surface area contributed by atoms with Crippen molar-refractivity contribution >= 4 is 34.8 Å². The molecule has 0 bridgehead atoms. The Balaban J connectivity index is 1.36. The maximum atomic E-state index is 12.9. The Morgan fingerprint density at radius 2 is 1.71 bits per heavy atom. The summed E-state index contributed by atoms with van der Waals surface area (Å²) < 4.78 is 0. The van der Waals surface area contributed by atoms with Crippen LogP contribution in [0, 0.1) is 10.1 Å². The summed E-state index contributed by atoms with van der Waals surface area (Å²) in [5.74, 6) is -1.18. The fourth-order valence-electron chi connectivity index (χ4n) is 3.76. The summed E-state index contributed by atoms with van der Waals surface area (Å²) in [5.41, 5.74) is 2.90. The maximum Gasteiger partial charge on any atom is 0.270 e. The first-order chi connectivity index (χ1) is 16.3. The molecule has 9 heteroatoms. The summed E-state index contributed by atoms with van der Waals surface area (Å²) in [6.45, 7) is 2.13. The van der Waals surface area contributed by atoms with Gasteiger partial charge in [0.05, 0.1) is 4.92 Å². The summed E-state index contributed by atoms with van der Waals surface area (Å²) in [7, 11) is 0. The second-order valence-electron chi connectivity index (χ2n) is 7.90. The van der Waals surface area contributed by atoms with Gasteiger partial charge in [-0.15, -0.1) is 0 Å². The molecule has 0 spiro atoms. The van der Waals surface area contributed by atoms with E-state index in [0.717, 1.165) is 23.7 Å². The molecule has 1 unspecified atom stereocenters. The van der Waals surface area contributed by atoms with E-state index in [1.54, 1.807) is 29.2 Å². The quantitative estimate of drug-likeness (QED) is 0.432. The molecule has 1 atom stereocenters. The van der Waals surface area contributed by atoms with Crippen molar-refractivity contribution in [2.24, 2.45) is 0 Å². The van der Waals surface area contributed by atoms with E-state index < -0.39 is 22.8 Å². The number of nitrogens with one attached hydrogen (secondary N) is 2. The number of non-ortho nitro benzene ring substituents is 1. The second kappa shape index (κ2) is 9.53. The zero-order chi connectivity index (χ0) is 24.2. The van der Waals surface area contributed by atoms with Gasteiger partial charge in [-0.2, -0.15) is 0 Å². The first-order valence-electron chi connectivity index (χ1n) is 10.7. The van der Waals surface area contributed by atoms with Crippen LogP contribution in [0.25, 0.3) is 0 Å². The maximum absolute atomic E-state index is 12.9. The molecule has 34 heavy (non-hydrogen) atoms. The molecule has 3 aromatic carbocycles. The van der Waals surface area contributed by atoms with Gasteiger partial charge in [-0.3, -0.25) is 24.5 Å². The summed E-state index contributed by atoms with van der Waals surface area (Å²) in [6, 6.07) is 18.7. The molecule has 1 aliphatic heterocycles. The van der Waals surface area contributed by atoms with E-state index in [9.17, 15) is 24.5 Å². The highest BCUT2D eigenvalue weighted by Gasteiger charge is 2.25. The Kier molecular flexibility index (Phi) is 6.35. The molecule has 172 valence electrons. The predicted molar refractivity (Wildman–Crippen MR) is 127 cm³/mol. The fraction of sp³-hybridized carbons (Fsp3) is 0.160. The Morgan fingerprint density at radius 1 is 0.971 bits per heavy atom. The van der Waals surface area contributed by atoms with Crippen molar-refractivity contribution in [1.29, 1.82) is 0 Å². The van der Waals surface area contributed by atoms with Gasteiger partial charge in [-0.05, 0) is 55.3 Å². The number of para-hydroxylation sites is 1. The van der Waals surface area contributed by atoms with Crippen molar-refractivity contribution in [1.82, 2.24) is 5.32 Å². The summed E-state index contributed by atoms with van der Waals surface area (Å²) in [5, 5.41) is 16.1. The van der Waals surface area contributed by atoms with Crippen molar-refractivity contribution < 1.29 is 19.3 Å². The Labute approximate surface area is 195 Å². The van der Waals surface area contributed by atoms with Gasteiger partial charge in [-0.25, -0.2) is 0 Å². The number of benzene rings is 3. The molecule has 1 heterocycles. The van der Waals surface area contributed by atoms with Crippen LogP contribution in [-0.2, 0) is 11.2 Å². The van der Waals surface area contributed by atoms with E-state index >= 15 is 0 Å². The number of hydrogen-bond acceptors (Lipinski definition) is 5. The minimum atomic E-state index is -0.894. The third kappa shape index (κ3) is 4.78. The van der Waals surface area contributed by atoms with Crippen LogP contribution in [0.3, 0.4) is 0 Å². The van der Waals surface area contributed by atoms with Crippen LogP contribution in [0.1, 0.15) is 33.2 Å². The summed E-state index contributed by atoms with van der Waals surface area (Å²) in [6.07, 6.45) is 0.815. The van der Waals surface area contributed by atoms with Crippen LogP contribution in [0.4, 0.5) is 17.1 Å². The van der Waals surface area contributed by atoms with Crippen LogP contribution < -0.4 is 15.5 Å². The summed E-state index contributed by atoms with van der Waals surface area (Å²) >= 11 is 0. The van der Waals surface area contributed by atoms with Gasteiger partial charge in [0.15, 0.2) is 0 Å². The van der Waals surface area contributed by atoms with E-state index in [2.05, 4.69) is 10.6 Å². The number of anilines is 2. The highest BCUT2D eigenvalue weighted by atomic mass is 16.6. The lowest BCUT2D eigenvalue weighted by Gasteiger charge is -2.18.